The minimum atomic E-state index is -0.311. The van der Waals surface area contributed by atoms with Crippen LogP contribution in [0.1, 0.15) is 15.9 Å². The molecule has 4 heteroatoms. The van der Waals surface area contributed by atoms with Crippen LogP contribution < -0.4 is 4.90 Å². The molecule has 0 unspecified atom stereocenters. The largest absolute Gasteiger partial charge is 0.465 e. The van der Waals surface area contributed by atoms with Gasteiger partial charge in [0.1, 0.15) is 0 Å². The third-order valence-electron chi connectivity index (χ3n) is 3.15. The summed E-state index contributed by atoms with van der Waals surface area (Å²) in [5.41, 5.74) is 3.47. The van der Waals surface area contributed by atoms with Gasteiger partial charge in [-0.25, -0.2) is 4.79 Å². The molecule has 2 aromatic rings. The van der Waals surface area contributed by atoms with Crippen LogP contribution in [-0.4, -0.2) is 31.7 Å². The fourth-order valence-electron chi connectivity index (χ4n) is 2.13. The van der Waals surface area contributed by atoms with Crippen molar-refractivity contribution in [2.24, 2.45) is 0 Å². The maximum absolute atomic E-state index is 11.9. The topological polar surface area (TPSA) is 34.5 Å². The average molecular weight is 258 g/mol. The van der Waals surface area contributed by atoms with Crippen LogP contribution >= 0.6 is 0 Å². The minimum absolute atomic E-state index is 0.311. The van der Waals surface area contributed by atoms with E-state index in [9.17, 15) is 4.79 Å². The Balaban J connectivity index is 2.64. The van der Waals surface area contributed by atoms with Gasteiger partial charge in [0.05, 0.1) is 12.7 Å². The first-order valence-corrected chi connectivity index (χ1v) is 6.08. The van der Waals surface area contributed by atoms with Crippen molar-refractivity contribution >= 4 is 11.7 Å². The van der Waals surface area contributed by atoms with E-state index in [0.717, 1.165) is 16.9 Å². The number of hydrogen-bond donors (Lipinski definition) is 0. The number of ether oxygens (including phenoxy) is 1. The molecule has 0 radical (unpaired) electrons. The molecule has 0 bridgehead atoms. The number of carbonyl (C=O) groups is 1. The Morgan fingerprint density at radius 1 is 1.21 bits per heavy atom. The van der Waals surface area contributed by atoms with Crippen LogP contribution in [0.2, 0.25) is 0 Å². The highest BCUT2D eigenvalue weighted by atomic mass is 16.5. The third kappa shape index (κ3) is 2.47. The van der Waals surface area contributed by atoms with Gasteiger partial charge in [0.2, 0.25) is 0 Å². The van der Waals surface area contributed by atoms with Crippen molar-refractivity contribution in [3.8, 4) is 5.69 Å². The van der Waals surface area contributed by atoms with Gasteiger partial charge in [0.15, 0.2) is 0 Å². The van der Waals surface area contributed by atoms with Crippen LogP contribution in [0, 0.1) is 6.92 Å². The molecule has 0 fully saturated rings. The molecule has 4 nitrogen and oxygen atoms in total. The molecule has 0 saturated carbocycles. The molecular formula is C15H18N2O2. The first-order valence-electron chi connectivity index (χ1n) is 6.08. The van der Waals surface area contributed by atoms with E-state index in [1.807, 2.05) is 61.1 Å². The average Bonchev–Trinajstić information content (AvgIpc) is 2.91. The van der Waals surface area contributed by atoms with Gasteiger partial charge in [-0.3, -0.25) is 0 Å². The number of methoxy groups -OCH3 is 1. The van der Waals surface area contributed by atoms with Crippen molar-refractivity contribution in [1.29, 1.82) is 0 Å². The molecule has 100 valence electrons. The number of hydrogen-bond acceptors (Lipinski definition) is 3. The summed E-state index contributed by atoms with van der Waals surface area (Å²) in [7, 11) is 5.32. The quantitative estimate of drug-likeness (QED) is 0.794. The summed E-state index contributed by atoms with van der Waals surface area (Å²) in [6, 6.07) is 7.82. The van der Waals surface area contributed by atoms with Gasteiger partial charge in [-0.15, -0.1) is 0 Å². The highest BCUT2D eigenvalue weighted by molar-refractivity contribution is 5.93. The predicted octanol–water partition coefficient (Wildman–Crippen LogP) is 2.64. The molecule has 0 aliphatic heterocycles. The fourth-order valence-corrected chi connectivity index (χ4v) is 2.13. The molecule has 0 N–H and O–H groups in total. The lowest BCUT2D eigenvalue weighted by molar-refractivity contribution is 0.0600. The van der Waals surface area contributed by atoms with Crippen LogP contribution in [0.25, 0.3) is 5.69 Å². The second-order valence-corrected chi connectivity index (χ2v) is 4.61. The Hall–Kier alpha value is -2.23. The second kappa shape index (κ2) is 5.18. The number of benzene rings is 1. The maximum atomic E-state index is 11.9. The Morgan fingerprint density at radius 2 is 1.84 bits per heavy atom. The molecule has 0 atom stereocenters. The number of nitrogens with zero attached hydrogens (tertiary/aromatic N) is 2. The normalized spacial score (nSPS) is 10.3. The highest BCUT2D eigenvalue weighted by Gasteiger charge is 2.15. The highest BCUT2D eigenvalue weighted by Crippen LogP contribution is 2.26. The van der Waals surface area contributed by atoms with Crippen LogP contribution in [-0.2, 0) is 4.74 Å². The van der Waals surface area contributed by atoms with Crippen LogP contribution in [0.4, 0.5) is 5.69 Å². The zero-order valence-electron chi connectivity index (χ0n) is 11.7. The fraction of sp³-hybridized carbons (Fsp3) is 0.267. The van der Waals surface area contributed by atoms with Crippen LogP contribution in [0.5, 0.6) is 0 Å². The number of aromatic nitrogens is 1. The molecule has 1 aromatic heterocycles. The van der Waals surface area contributed by atoms with Crippen molar-refractivity contribution < 1.29 is 9.53 Å². The Labute approximate surface area is 113 Å². The summed E-state index contributed by atoms with van der Waals surface area (Å²) < 4.78 is 6.83. The second-order valence-electron chi connectivity index (χ2n) is 4.61. The Bertz CT molecular complexity index is 586. The summed E-state index contributed by atoms with van der Waals surface area (Å²) in [6.07, 6.45) is 3.90. The lowest BCUT2D eigenvalue weighted by Crippen LogP contribution is -2.14. The van der Waals surface area contributed by atoms with Crippen molar-refractivity contribution in [3.63, 3.8) is 0 Å². The summed E-state index contributed by atoms with van der Waals surface area (Å²) in [5.74, 6) is -0.311. The third-order valence-corrected chi connectivity index (χ3v) is 3.15. The van der Waals surface area contributed by atoms with E-state index in [0.29, 0.717) is 5.56 Å². The van der Waals surface area contributed by atoms with Gasteiger partial charge < -0.3 is 14.2 Å². The Kier molecular flexibility index (Phi) is 3.60. The van der Waals surface area contributed by atoms with Gasteiger partial charge >= 0.3 is 5.97 Å². The molecule has 0 spiro atoms. The number of carbonyl (C=O) groups excluding carboxylic acids is 1. The molecule has 0 aliphatic carbocycles. The lowest BCUT2D eigenvalue weighted by atomic mass is 10.0. The SMILES string of the molecule is COC(=O)c1cc(-n2cccc2)cc(N(C)C)c1C. The van der Waals surface area contributed by atoms with Crippen molar-refractivity contribution in [2.75, 3.05) is 26.1 Å². The first kappa shape index (κ1) is 13.2. The van der Waals surface area contributed by atoms with Gasteiger partial charge in [-0.05, 0) is 36.8 Å². The zero-order chi connectivity index (χ0) is 14.0. The molecule has 19 heavy (non-hydrogen) atoms. The molecule has 2 rings (SSSR count). The maximum Gasteiger partial charge on any atom is 0.338 e. The summed E-state index contributed by atoms with van der Waals surface area (Å²) in [4.78, 5) is 13.9. The van der Waals surface area contributed by atoms with Crippen molar-refractivity contribution in [2.45, 2.75) is 6.92 Å². The summed E-state index contributed by atoms with van der Waals surface area (Å²) >= 11 is 0. The minimum Gasteiger partial charge on any atom is -0.465 e. The van der Waals surface area contributed by atoms with E-state index < -0.39 is 0 Å². The molecule has 0 amide bonds. The monoisotopic (exact) mass is 258 g/mol. The smallest absolute Gasteiger partial charge is 0.338 e. The number of anilines is 1. The summed E-state index contributed by atoms with van der Waals surface area (Å²) in [6.45, 7) is 1.93. The summed E-state index contributed by atoms with van der Waals surface area (Å²) in [5, 5.41) is 0. The van der Waals surface area contributed by atoms with Gasteiger partial charge in [0, 0.05) is 37.9 Å². The van der Waals surface area contributed by atoms with E-state index in [1.165, 1.54) is 7.11 Å². The van der Waals surface area contributed by atoms with Crippen LogP contribution in [0.15, 0.2) is 36.7 Å². The molecule has 1 heterocycles. The molecule has 0 saturated heterocycles. The first-order chi connectivity index (χ1) is 9.04. The molecular weight excluding hydrogens is 240 g/mol. The van der Waals surface area contributed by atoms with E-state index >= 15 is 0 Å². The van der Waals surface area contributed by atoms with Crippen LogP contribution in [0.3, 0.4) is 0 Å². The molecule has 0 aliphatic rings. The number of rotatable bonds is 3. The predicted molar refractivity (Wildman–Crippen MR) is 76.2 cm³/mol. The van der Waals surface area contributed by atoms with E-state index in [-0.39, 0.29) is 5.97 Å². The zero-order valence-corrected chi connectivity index (χ0v) is 11.7. The van der Waals surface area contributed by atoms with Gasteiger partial charge in [-0.2, -0.15) is 0 Å². The van der Waals surface area contributed by atoms with E-state index in [1.54, 1.807) is 0 Å². The van der Waals surface area contributed by atoms with Crippen molar-refractivity contribution in [3.05, 3.63) is 47.8 Å². The Morgan fingerprint density at radius 3 is 2.37 bits per heavy atom. The lowest BCUT2D eigenvalue weighted by Gasteiger charge is -2.19. The van der Waals surface area contributed by atoms with Gasteiger partial charge in [-0.1, -0.05) is 0 Å². The van der Waals surface area contributed by atoms with E-state index in [4.69, 9.17) is 4.74 Å². The van der Waals surface area contributed by atoms with Gasteiger partial charge in [0.25, 0.3) is 0 Å². The molecule has 1 aromatic carbocycles. The van der Waals surface area contributed by atoms with Crippen molar-refractivity contribution in [1.82, 2.24) is 4.57 Å². The van der Waals surface area contributed by atoms with E-state index in [2.05, 4.69) is 6.07 Å². The standard InChI is InChI=1S/C15H18N2O2/c1-11-13(15(18)19-4)9-12(10-14(11)16(2)3)17-7-5-6-8-17/h5-10H,1-4H3. The number of esters is 1.